The lowest BCUT2D eigenvalue weighted by atomic mass is 10.3. The van der Waals surface area contributed by atoms with Crippen LogP contribution >= 0.6 is 23.4 Å². The first-order chi connectivity index (χ1) is 11.5. The van der Waals surface area contributed by atoms with Crippen molar-refractivity contribution in [1.29, 1.82) is 0 Å². The van der Waals surface area contributed by atoms with Gasteiger partial charge in [-0.25, -0.2) is 14.6 Å². The fourth-order valence-corrected chi connectivity index (χ4v) is 2.89. The quantitative estimate of drug-likeness (QED) is 0.401. The van der Waals surface area contributed by atoms with Crippen molar-refractivity contribution in [3.63, 3.8) is 0 Å². The Bertz CT molecular complexity index is 690. The highest BCUT2D eigenvalue weighted by Crippen LogP contribution is 2.24. The Balaban J connectivity index is 2.21. The Morgan fingerprint density at radius 2 is 2.21 bits per heavy atom. The van der Waals surface area contributed by atoms with Crippen LogP contribution in [0.4, 0.5) is 5.82 Å². The number of carbonyl (C=O) groups excluding carboxylic acids is 1. The van der Waals surface area contributed by atoms with Crippen LogP contribution in [0.1, 0.15) is 27.2 Å². The van der Waals surface area contributed by atoms with Gasteiger partial charge in [0.25, 0.3) is 0 Å². The number of fused-ring (bicyclic) bond motifs is 1. The van der Waals surface area contributed by atoms with Crippen LogP contribution in [-0.2, 0) is 11.3 Å². The van der Waals surface area contributed by atoms with Gasteiger partial charge in [-0.15, -0.1) is 11.6 Å². The third-order valence-corrected chi connectivity index (χ3v) is 4.06. The Kier molecular flexibility index (Phi) is 7.11. The molecule has 2 aromatic rings. The van der Waals surface area contributed by atoms with Crippen molar-refractivity contribution in [2.24, 2.45) is 0 Å². The zero-order valence-corrected chi connectivity index (χ0v) is 15.7. The number of hydrogen-bond donors (Lipinski definition) is 2. The third kappa shape index (κ3) is 4.98. The van der Waals surface area contributed by atoms with E-state index in [0.717, 1.165) is 27.8 Å². The van der Waals surface area contributed by atoms with E-state index in [9.17, 15) is 4.79 Å². The molecule has 0 fully saturated rings. The average Bonchev–Trinajstić information content (AvgIpc) is 2.91. The molecule has 0 unspecified atom stereocenters. The molecule has 0 bridgehead atoms. The lowest BCUT2D eigenvalue weighted by Gasteiger charge is -2.11. The number of thioether (sulfide) groups is 1. The second-order valence-electron chi connectivity index (χ2n) is 5.48. The Hall–Kier alpha value is -1.54. The number of amides is 1. The smallest absolute Gasteiger partial charge is 0.221 e. The monoisotopic (exact) mass is 370 g/mol. The zero-order chi connectivity index (χ0) is 17.5. The first-order valence-electron chi connectivity index (χ1n) is 8.00. The van der Waals surface area contributed by atoms with E-state index in [1.807, 2.05) is 0 Å². The van der Waals surface area contributed by atoms with Crippen LogP contribution in [0.25, 0.3) is 11.0 Å². The summed E-state index contributed by atoms with van der Waals surface area (Å²) in [7, 11) is 0. The van der Waals surface area contributed by atoms with Crippen LogP contribution in [0.2, 0.25) is 0 Å². The molecule has 2 aromatic heterocycles. The fourth-order valence-electron chi connectivity index (χ4n) is 2.15. The maximum Gasteiger partial charge on any atom is 0.221 e. The molecular formula is C15H23ClN6OS. The van der Waals surface area contributed by atoms with Gasteiger partial charge in [0.1, 0.15) is 5.82 Å². The average molecular weight is 371 g/mol. The topological polar surface area (TPSA) is 84.7 Å². The first kappa shape index (κ1) is 18.8. The molecule has 0 aliphatic heterocycles. The molecule has 24 heavy (non-hydrogen) atoms. The molecule has 0 saturated heterocycles. The summed E-state index contributed by atoms with van der Waals surface area (Å²) in [5, 5.41) is 12.2. The van der Waals surface area contributed by atoms with E-state index in [2.05, 4.69) is 46.5 Å². The lowest BCUT2D eigenvalue weighted by molar-refractivity contribution is -0.120. The van der Waals surface area contributed by atoms with Crippen molar-refractivity contribution < 1.29 is 4.79 Å². The molecule has 0 aliphatic carbocycles. The van der Waals surface area contributed by atoms with Gasteiger partial charge in [0.2, 0.25) is 5.91 Å². The molecule has 2 rings (SSSR count). The number of anilines is 1. The molecule has 1 amide bonds. The van der Waals surface area contributed by atoms with Crippen LogP contribution in [0.3, 0.4) is 0 Å². The predicted octanol–water partition coefficient (Wildman–Crippen LogP) is 2.50. The zero-order valence-electron chi connectivity index (χ0n) is 14.2. The van der Waals surface area contributed by atoms with Crippen molar-refractivity contribution in [2.45, 2.75) is 44.9 Å². The van der Waals surface area contributed by atoms with Crippen LogP contribution in [0.5, 0.6) is 0 Å². The molecule has 0 radical (unpaired) electrons. The Morgan fingerprint density at radius 1 is 1.42 bits per heavy atom. The van der Waals surface area contributed by atoms with E-state index in [4.69, 9.17) is 11.6 Å². The number of nitrogens with zero attached hydrogens (tertiary/aromatic N) is 4. The van der Waals surface area contributed by atoms with Crippen LogP contribution < -0.4 is 10.6 Å². The van der Waals surface area contributed by atoms with E-state index in [0.29, 0.717) is 25.4 Å². The summed E-state index contributed by atoms with van der Waals surface area (Å²) in [6.07, 6.45) is 2.09. The van der Waals surface area contributed by atoms with Crippen molar-refractivity contribution in [3.8, 4) is 0 Å². The fraction of sp³-hybridized carbons (Fsp3) is 0.600. The lowest BCUT2D eigenvalue weighted by Crippen LogP contribution is -2.27. The molecule has 0 spiro atoms. The van der Waals surface area contributed by atoms with Gasteiger partial charge in [-0.05, 0) is 19.6 Å². The van der Waals surface area contributed by atoms with E-state index >= 15 is 0 Å². The molecule has 0 aliphatic rings. The van der Waals surface area contributed by atoms with Gasteiger partial charge < -0.3 is 10.6 Å². The largest absolute Gasteiger partial charge is 0.367 e. The third-order valence-electron chi connectivity index (χ3n) is 3.14. The summed E-state index contributed by atoms with van der Waals surface area (Å²) < 4.78 is 1.79. The number of carbonyl (C=O) groups is 1. The molecule has 0 aromatic carbocycles. The predicted molar refractivity (Wildman–Crippen MR) is 98.8 cm³/mol. The van der Waals surface area contributed by atoms with Gasteiger partial charge in [-0.1, -0.05) is 18.7 Å². The number of nitrogens with one attached hydrogen (secondary N) is 2. The molecule has 7 nitrogen and oxygen atoms in total. The van der Waals surface area contributed by atoms with Gasteiger partial charge in [-0.2, -0.15) is 5.10 Å². The SMILES string of the molecule is CCSc1nc(NC(C)C)c2cnn(CCNC(=O)CCCl)c2n1. The van der Waals surface area contributed by atoms with Crippen molar-refractivity contribution in [2.75, 3.05) is 23.5 Å². The molecule has 0 atom stereocenters. The van der Waals surface area contributed by atoms with Gasteiger partial charge in [0.15, 0.2) is 10.8 Å². The Labute approximate surface area is 150 Å². The highest BCUT2D eigenvalue weighted by atomic mass is 35.5. The number of hydrogen-bond acceptors (Lipinski definition) is 6. The van der Waals surface area contributed by atoms with E-state index < -0.39 is 0 Å². The minimum absolute atomic E-state index is 0.0551. The van der Waals surface area contributed by atoms with Gasteiger partial charge in [-0.3, -0.25) is 4.79 Å². The number of aromatic nitrogens is 4. The maximum atomic E-state index is 11.5. The molecule has 0 saturated carbocycles. The standard InChI is InChI=1S/C15H23ClN6OS/c1-4-24-15-20-13(19-10(2)3)11-9-18-22(14(11)21-15)8-7-17-12(23)5-6-16/h9-10H,4-8H2,1-3H3,(H,17,23)(H,19,20,21). The second-order valence-corrected chi connectivity index (χ2v) is 7.09. The summed E-state index contributed by atoms with van der Waals surface area (Å²) in [5.74, 6) is 1.96. The number of rotatable bonds is 9. The minimum Gasteiger partial charge on any atom is -0.367 e. The van der Waals surface area contributed by atoms with Crippen LogP contribution in [0, 0.1) is 0 Å². The van der Waals surface area contributed by atoms with Crippen molar-refractivity contribution >= 4 is 46.1 Å². The number of alkyl halides is 1. The maximum absolute atomic E-state index is 11.5. The van der Waals surface area contributed by atoms with Crippen molar-refractivity contribution in [1.82, 2.24) is 25.1 Å². The first-order valence-corrected chi connectivity index (χ1v) is 9.52. The van der Waals surface area contributed by atoms with Gasteiger partial charge in [0, 0.05) is 24.9 Å². The summed E-state index contributed by atoms with van der Waals surface area (Å²) in [6, 6.07) is 0.265. The molecule has 2 heterocycles. The van der Waals surface area contributed by atoms with Crippen LogP contribution in [-0.4, -0.2) is 49.9 Å². The summed E-state index contributed by atoms with van der Waals surface area (Å²) in [5.41, 5.74) is 0.774. The highest BCUT2D eigenvalue weighted by molar-refractivity contribution is 7.99. The minimum atomic E-state index is -0.0551. The second kappa shape index (κ2) is 9.08. The van der Waals surface area contributed by atoms with E-state index in [-0.39, 0.29) is 11.9 Å². The van der Waals surface area contributed by atoms with Crippen LogP contribution in [0.15, 0.2) is 11.4 Å². The van der Waals surface area contributed by atoms with E-state index in [1.54, 1.807) is 22.6 Å². The molecular weight excluding hydrogens is 348 g/mol. The normalized spacial score (nSPS) is 11.2. The van der Waals surface area contributed by atoms with Gasteiger partial charge >= 0.3 is 0 Å². The molecule has 9 heteroatoms. The summed E-state index contributed by atoms with van der Waals surface area (Å²) >= 11 is 7.15. The molecule has 2 N–H and O–H groups in total. The Morgan fingerprint density at radius 3 is 2.88 bits per heavy atom. The summed E-state index contributed by atoms with van der Waals surface area (Å²) in [6.45, 7) is 7.23. The number of halogens is 1. The van der Waals surface area contributed by atoms with Crippen molar-refractivity contribution in [3.05, 3.63) is 6.20 Å². The summed E-state index contributed by atoms with van der Waals surface area (Å²) in [4.78, 5) is 20.7. The van der Waals surface area contributed by atoms with Gasteiger partial charge in [0.05, 0.1) is 18.1 Å². The van der Waals surface area contributed by atoms with E-state index in [1.165, 1.54) is 0 Å². The molecule has 132 valence electrons. The highest BCUT2D eigenvalue weighted by Gasteiger charge is 2.14.